The predicted octanol–water partition coefficient (Wildman–Crippen LogP) is 2.59. The standard InChI is InChI=1S/C13H21NO/c1-9(2)15-12-7-10(3)13(5-6-14)11(4)8-12/h7-9H,5-6,14H2,1-4H3. The van der Waals surface area contributed by atoms with Gasteiger partial charge < -0.3 is 10.5 Å². The van der Waals surface area contributed by atoms with E-state index in [2.05, 4.69) is 26.0 Å². The topological polar surface area (TPSA) is 35.2 Å². The summed E-state index contributed by atoms with van der Waals surface area (Å²) < 4.78 is 5.68. The normalized spacial score (nSPS) is 10.8. The van der Waals surface area contributed by atoms with Crippen LogP contribution in [0.15, 0.2) is 12.1 Å². The zero-order valence-corrected chi connectivity index (χ0v) is 10.1. The van der Waals surface area contributed by atoms with E-state index in [-0.39, 0.29) is 6.10 Å². The number of ether oxygens (including phenoxy) is 1. The first kappa shape index (κ1) is 12.1. The van der Waals surface area contributed by atoms with E-state index in [1.54, 1.807) is 0 Å². The molecule has 0 atom stereocenters. The summed E-state index contributed by atoms with van der Waals surface area (Å²) in [4.78, 5) is 0. The molecule has 0 spiro atoms. The molecule has 0 saturated carbocycles. The maximum atomic E-state index is 5.68. The summed E-state index contributed by atoms with van der Waals surface area (Å²) in [5, 5.41) is 0. The Balaban J connectivity index is 2.97. The highest BCUT2D eigenvalue weighted by Gasteiger charge is 2.06. The van der Waals surface area contributed by atoms with Gasteiger partial charge in [-0.15, -0.1) is 0 Å². The summed E-state index contributed by atoms with van der Waals surface area (Å²) in [6, 6.07) is 4.19. The van der Waals surface area contributed by atoms with Gasteiger partial charge in [0.05, 0.1) is 6.10 Å². The Bertz CT molecular complexity index is 308. The SMILES string of the molecule is Cc1cc(OC(C)C)cc(C)c1CCN. The van der Waals surface area contributed by atoms with E-state index in [4.69, 9.17) is 10.5 Å². The lowest BCUT2D eigenvalue weighted by molar-refractivity contribution is 0.242. The summed E-state index contributed by atoms with van der Waals surface area (Å²) in [7, 11) is 0. The average molecular weight is 207 g/mol. The number of hydrogen-bond acceptors (Lipinski definition) is 2. The van der Waals surface area contributed by atoms with E-state index in [1.165, 1.54) is 16.7 Å². The molecule has 0 heterocycles. The van der Waals surface area contributed by atoms with Crippen molar-refractivity contribution < 1.29 is 4.74 Å². The Labute approximate surface area is 92.4 Å². The van der Waals surface area contributed by atoms with Crippen molar-refractivity contribution in [3.05, 3.63) is 28.8 Å². The van der Waals surface area contributed by atoms with E-state index in [9.17, 15) is 0 Å². The predicted molar refractivity (Wildman–Crippen MR) is 64.4 cm³/mol. The largest absolute Gasteiger partial charge is 0.491 e. The van der Waals surface area contributed by atoms with Crippen LogP contribution >= 0.6 is 0 Å². The Hall–Kier alpha value is -1.02. The van der Waals surface area contributed by atoms with Crippen LogP contribution in [-0.4, -0.2) is 12.6 Å². The van der Waals surface area contributed by atoms with Gasteiger partial charge in [0.2, 0.25) is 0 Å². The van der Waals surface area contributed by atoms with Crippen molar-refractivity contribution in [2.75, 3.05) is 6.54 Å². The Morgan fingerprint density at radius 1 is 1.20 bits per heavy atom. The molecule has 0 fully saturated rings. The van der Waals surface area contributed by atoms with E-state index in [0.29, 0.717) is 6.54 Å². The summed E-state index contributed by atoms with van der Waals surface area (Å²) in [6.45, 7) is 9.01. The molecule has 0 unspecified atom stereocenters. The molecular weight excluding hydrogens is 186 g/mol. The van der Waals surface area contributed by atoms with Crippen LogP contribution in [0.1, 0.15) is 30.5 Å². The fraction of sp³-hybridized carbons (Fsp3) is 0.538. The third kappa shape index (κ3) is 3.24. The van der Waals surface area contributed by atoms with Crippen LogP contribution in [-0.2, 0) is 6.42 Å². The molecule has 1 aromatic rings. The van der Waals surface area contributed by atoms with Gasteiger partial charge in [-0.1, -0.05) is 0 Å². The van der Waals surface area contributed by atoms with Crippen LogP contribution in [0.5, 0.6) is 5.75 Å². The van der Waals surface area contributed by atoms with Crippen LogP contribution in [0.25, 0.3) is 0 Å². The fourth-order valence-corrected chi connectivity index (χ4v) is 1.83. The smallest absolute Gasteiger partial charge is 0.120 e. The van der Waals surface area contributed by atoms with Crippen LogP contribution < -0.4 is 10.5 Å². The second-order valence-corrected chi connectivity index (χ2v) is 4.24. The van der Waals surface area contributed by atoms with Crippen molar-refractivity contribution in [1.82, 2.24) is 0 Å². The van der Waals surface area contributed by atoms with Crippen molar-refractivity contribution in [1.29, 1.82) is 0 Å². The highest BCUT2D eigenvalue weighted by atomic mass is 16.5. The van der Waals surface area contributed by atoms with Crippen molar-refractivity contribution in [2.45, 2.75) is 40.2 Å². The molecule has 0 amide bonds. The van der Waals surface area contributed by atoms with Crippen LogP contribution in [0.3, 0.4) is 0 Å². The highest BCUT2D eigenvalue weighted by Crippen LogP contribution is 2.22. The highest BCUT2D eigenvalue weighted by molar-refractivity contribution is 5.41. The van der Waals surface area contributed by atoms with E-state index >= 15 is 0 Å². The zero-order valence-electron chi connectivity index (χ0n) is 10.1. The molecule has 0 radical (unpaired) electrons. The molecule has 15 heavy (non-hydrogen) atoms. The van der Waals surface area contributed by atoms with Gasteiger partial charge in [0, 0.05) is 0 Å². The lowest BCUT2D eigenvalue weighted by atomic mass is 9.99. The Kier molecular flexibility index (Phi) is 4.15. The number of hydrogen-bond donors (Lipinski definition) is 1. The zero-order chi connectivity index (χ0) is 11.4. The third-order valence-corrected chi connectivity index (χ3v) is 2.44. The molecule has 2 nitrogen and oxygen atoms in total. The maximum Gasteiger partial charge on any atom is 0.120 e. The monoisotopic (exact) mass is 207 g/mol. The summed E-state index contributed by atoms with van der Waals surface area (Å²) in [5.41, 5.74) is 9.49. The second kappa shape index (κ2) is 5.17. The van der Waals surface area contributed by atoms with Crippen molar-refractivity contribution in [2.24, 2.45) is 5.73 Å². The molecule has 0 aliphatic rings. The molecule has 84 valence electrons. The summed E-state index contributed by atoms with van der Waals surface area (Å²) in [5.74, 6) is 0.959. The van der Waals surface area contributed by atoms with Crippen molar-refractivity contribution in [3.63, 3.8) is 0 Å². The van der Waals surface area contributed by atoms with Gasteiger partial charge in [0.25, 0.3) is 0 Å². The van der Waals surface area contributed by atoms with Gasteiger partial charge in [0.1, 0.15) is 5.75 Å². The molecule has 2 N–H and O–H groups in total. The summed E-state index contributed by atoms with van der Waals surface area (Å²) in [6.07, 6.45) is 1.17. The number of aryl methyl sites for hydroxylation is 2. The molecule has 0 saturated heterocycles. The van der Waals surface area contributed by atoms with Gasteiger partial charge in [-0.3, -0.25) is 0 Å². The maximum absolute atomic E-state index is 5.68. The lowest BCUT2D eigenvalue weighted by Gasteiger charge is -2.14. The fourth-order valence-electron chi connectivity index (χ4n) is 1.83. The van der Waals surface area contributed by atoms with Crippen LogP contribution in [0.4, 0.5) is 0 Å². The first-order chi connectivity index (χ1) is 7.04. The molecule has 2 heteroatoms. The van der Waals surface area contributed by atoms with Crippen molar-refractivity contribution in [3.8, 4) is 5.75 Å². The second-order valence-electron chi connectivity index (χ2n) is 4.24. The van der Waals surface area contributed by atoms with Crippen molar-refractivity contribution >= 4 is 0 Å². The first-order valence-corrected chi connectivity index (χ1v) is 5.51. The van der Waals surface area contributed by atoms with Gasteiger partial charge in [-0.05, 0) is 69.5 Å². The molecule has 0 aliphatic carbocycles. The Morgan fingerprint density at radius 3 is 2.13 bits per heavy atom. The van der Waals surface area contributed by atoms with Gasteiger partial charge in [-0.2, -0.15) is 0 Å². The minimum Gasteiger partial charge on any atom is -0.491 e. The lowest BCUT2D eigenvalue weighted by Crippen LogP contribution is -2.09. The van der Waals surface area contributed by atoms with E-state index in [0.717, 1.165) is 12.2 Å². The van der Waals surface area contributed by atoms with Gasteiger partial charge in [0.15, 0.2) is 0 Å². The number of benzene rings is 1. The van der Waals surface area contributed by atoms with Crippen LogP contribution in [0, 0.1) is 13.8 Å². The van der Waals surface area contributed by atoms with Crippen LogP contribution in [0.2, 0.25) is 0 Å². The summed E-state index contributed by atoms with van der Waals surface area (Å²) >= 11 is 0. The first-order valence-electron chi connectivity index (χ1n) is 5.51. The quantitative estimate of drug-likeness (QED) is 0.823. The minimum atomic E-state index is 0.226. The molecule has 0 aliphatic heterocycles. The van der Waals surface area contributed by atoms with Gasteiger partial charge in [-0.25, -0.2) is 0 Å². The average Bonchev–Trinajstić information content (AvgIpc) is 2.10. The number of rotatable bonds is 4. The molecule has 0 bridgehead atoms. The molecular formula is C13H21NO. The number of nitrogens with two attached hydrogens (primary N) is 1. The van der Waals surface area contributed by atoms with E-state index in [1.807, 2.05) is 13.8 Å². The Morgan fingerprint density at radius 2 is 1.73 bits per heavy atom. The van der Waals surface area contributed by atoms with Gasteiger partial charge >= 0.3 is 0 Å². The minimum absolute atomic E-state index is 0.226. The molecule has 0 aromatic heterocycles. The van der Waals surface area contributed by atoms with E-state index < -0.39 is 0 Å². The molecule has 1 aromatic carbocycles. The molecule has 1 rings (SSSR count). The third-order valence-electron chi connectivity index (χ3n) is 2.44.